The zero-order chi connectivity index (χ0) is 24.5. The van der Waals surface area contributed by atoms with Gasteiger partial charge in [-0.3, -0.25) is 0 Å². The minimum atomic E-state index is -1.08. The van der Waals surface area contributed by atoms with E-state index in [1.165, 1.54) is 51.1 Å². The second-order valence-electron chi connectivity index (χ2n) is 7.41. The van der Waals surface area contributed by atoms with E-state index in [4.69, 9.17) is 9.90 Å². The van der Waals surface area contributed by atoms with Gasteiger partial charge in [-0.1, -0.05) is 58.3 Å². The van der Waals surface area contributed by atoms with Gasteiger partial charge in [-0.05, 0) is 19.8 Å². The molecular weight excluding hydrogens is 777 g/mol. The Morgan fingerprint density at radius 3 is 1.22 bits per heavy atom. The van der Waals surface area contributed by atoms with Crippen LogP contribution < -0.4 is 16.4 Å². The molecular formula is C26H36Hg2O4. The summed E-state index contributed by atoms with van der Waals surface area (Å²) in [5.41, 5.74) is 0. The molecule has 0 saturated heterocycles. The molecule has 0 bridgehead atoms. The maximum atomic E-state index is 10.1. The first-order valence-corrected chi connectivity index (χ1v) is 16.9. The molecule has 2 aromatic rings. The Labute approximate surface area is 227 Å². The molecule has 4 nitrogen and oxygen atoms in total. The predicted octanol–water partition coefficient (Wildman–Crippen LogP) is 3.13. The number of hydrogen-bond acceptors (Lipinski definition) is 4. The molecule has 0 heterocycles. The third-order valence-electron chi connectivity index (χ3n) is 4.17. The summed E-state index contributed by atoms with van der Waals surface area (Å²) >= 11 is 1.62. The Morgan fingerprint density at radius 2 is 0.969 bits per heavy atom. The Hall–Kier alpha value is -0.750. The first-order chi connectivity index (χ1) is 15.3. The third kappa shape index (κ3) is 33.9. The van der Waals surface area contributed by atoms with Crippen LogP contribution in [0.1, 0.15) is 78.1 Å². The first kappa shape index (κ1) is 33.4. The van der Waals surface area contributed by atoms with Crippen LogP contribution in [0, 0.1) is 0 Å². The Balaban J connectivity index is 0. The zero-order valence-corrected chi connectivity index (χ0v) is 30.9. The topological polar surface area (TPSA) is 80.3 Å². The first-order valence-electron chi connectivity index (χ1n) is 11.4. The van der Waals surface area contributed by atoms with Crippen LogP contribution in [-0.2, 0) is 61.8 Å². The number of rotatable bonds is 10. The fraction of sp³-hybridized carbons (Fsp3) is 0.462. The van der Waals surface area contributed by atoms with Crippen molar-refractivity contribution in [3.63, 3.8) is 0 Å². The van der Waals surface area contributed by atoms with Crippen LogP contribution >= 0.6 is 0 Å². The molecule has 2 aromatic carbocycles. The fourth-order valence-corrected chi connectivity index (χ4v) is 4.65. The molecule has 0 aliphatic heterocycles. The van der Waals surface area contributed by atoms with Crippen LogP contribution in [0.3, 0.4) is 0 Å². The quantitative estimate of drug-likeness (QED) is 0.273. The molecule has 2 rings (SSSR count). The Morgan fingerprint density at radius 1 is 0.656 bits per heavy atom. The molecule has 0 spiro atoms. The molecule has 0 aliphatic rings. The normalized spacial score (nSPS) is 9.19. The summed E-state index contributed by atoms with van der Waals surface area (Å²) in [5.74, 6) is -1.99. The molecule has 0 fully saturated rings. The summed E-state index contributed by atoms with van der Waals surface area (Å²) < 4.78 is 3.03. The molecule has 0 aromatic heterocycles. The van der Waals surface area contributed by atoms with E-state index in [9.17, 15) is 9.90 Å². The van der Waals surface area contributed by atoms with Crippen molar-refractivity contribution in [2.75, 3.05) is 0 Å². The van der Waals surface area contributed by atoms with Crippen LogP contribution in [0.2, 0.25) is 0 Å². The van der Waals surface area contributed by atoms with Gasteiger partial charge in [0.05, 0.1) is 0 Å². The van der Waals surface area contributed by atoms with Gasteiger partial charge in [-0.25, -0.2) is 0 Å². The summed E-state index contributed by atoms with van der Waals surface area (Å²) in [7, 11) is 0. The average Bonchev–Trinajstić information content (AvgIpc) is 2.74. The number of carbonyl (C=O) groups excluding carboxylic acids is 2. The Bertz CT molecular complexity index is 623. The van der Waals surface area contributed by atoms with Gasteiger partial charge in [0, 0.05) is 11.9 Å². The van der Waals surface area contributed by atoms with Crippen molar-refractivity contribution in [2.45, 2.75) is 78.1 Å². The average molecular weight is 814 g/mol. The van der Waals surface area contributed by atoms with Crippen molar-refractivity contribution in [2.24, 2.45) is 0 Å². The SMILES string of the molecule is CC(=O)[O-].CCCCCCCCCCCC(=O)[O-].[Hg+][c]1ccccc1.[Hg+][c]1ccccc1. The van der Waals surface area contributed by atoms with Gasteiger partial charge in [0.15, 0.2) is 0 Å². The van der Waals surface area contributed by atoms with Crippen molar-refractivity contribution in [1.29, 1.82) is 0 Å². The number of carboxylic acids is 2. The van der Waals surface area contributed by atoms with E-state index in [0.717, 1.165) is 72.0 Å². The van der Waals surface area contributed by atoms with Gasteiger partial charge in [0.1, 0.15) is 0 Å². The monoisotopic (exact) mass is 816 g/mol. The van der Waals surface area contributed by atoms with E-state index in [0.29, 0.717) is 0 Å². The number of hydrogen-bond donors (Lipinski definition) is 0. The van der Waals surface area contributed by atoms with Crippen molar-refractivity contribution < 1.29 is 72.0 Å². The van der Waals surface area contributed by atoms with E-state index in [1.54, 1.807) is 0 Å². The van der Waals surface area contributed by atoms with E-state index in [2.05, 4.69) is 67.6 Å². The number of unbranched alkanes of at least 4 members (excludes halogenated alkanes) is 8. The molecule has 0 aliphatic carbocycles. The summed E-state index contributed by atoms with van der Waals surface area (Å²) in [6.07, 6.45) is 11.2. The van der Waals surface area contributed by atoms with Crippen LogP contribution in [-0.4, -0.2) is 11.9 Å². The molecule has 168 valence electrons. The van der Waals surface area contributed by atoms with Crippen molar-refractivity contribution in [3.8, 4) is 0 Å². The molecule has 6 heteroatoms. The fourth-order valence-electron chi connectivity index (χ4n) is 2.54. The standard InChI is InChI=1S/C12H24O2.2C6H5.C2H4O2.2Hg/c1-2-3-4-5-6-7-8-9-10-11-12(13)14;2*1-2-4-6-5-3-1;1-2(3)4;;/h2-11H2,1H3,(H,13,14);2*1-5H;1H3,(H,3,4);;/q;;;;2*+1/p-2. The van der Waals surface area contributed by atoms with Gasteiger partial charge in [-0.15, -0.1) is 0 Å². The second-order valence-corrected chi connectivity index (χ2v) is 13.8. The van der Waals surface area contributed by atoms with Crippen molar-refractivity contribution in [1.82, 2.24) is 0 Å². The third-order valence-corrected chi connectivity index (χ3v) is 7.84. The molecule has 0 unspecified atom stereocenters. The number of carboxylic acid groups (broad SMARTS) is 2. The van der Waals surface area contributed by atoms with E-state index >= 15 is 0 Å². The summed E-state index contributed by atoms with van der Waals surface area (Å²) in [6, 6.07) is 21.1. The van der Waals surface area contributed by atoms with Crippen LogP contribution in [0.4, 0.5) is 0 Å². The number of aliphatic carboxylic acids is 2. The van der Waals surface area contributed by atoms with Crippen molar-refractivity contribution >= 4 is 18.1 Å². The van der Waals surface area contributed by atoms with E-state index in [-0.39, 0.29) is 6.42 Å². The van der Waals surface area contributed by atoms with Crippen LogP contribution in [0.15, 0.2) is 60.7 Å². The van der Waals surface area contributed by atoms with Gasteiger partial charge in [0.25, 0.3) is 0 Å². The summed E-state index contributed by atoms with van der Waals surface area (Å²) in [5, 5.41) is 19.0. The second kappa shape index (κ2) is 26.5. The van der Waals surface area contributed by atoms with Crippen LogP contribution in [0.25, 0.3) is 0 Å². The number of carbonyl (C=O) groups is 2. The summed E-state index contributed by atoms with van der Waals surface area (Å²) in [4.78, 5) is 19.0. The molecule has 0 N–H and O–H groups in total. The van der Waals surface area contributed by atoms with Gasteiger partial charge in [0.2, 0.25) is 0 Å². The van der Waals surface area contributed by atoms with Gasteiger partial charge >= 0.3 is 119 Å². The van der Waals surface area contributed by atoms with Crippen molar-refractivity contribution in [3.05, 3.63) is 60.7 Å². The van der Waals surface area contributed by atoms with Gasteiger partial charge < -0.3 is 19.8 Å². The minimum absolute atomic E-state index is 0.232. The Kier molecular flexibility index (Phi) is 27.7. The summed E-state index contributed by atoms with van der Waals surface area (Å²) in [6.45, 7) is 3.19. The molecule has 0 atom stereocenters. The van der Waals surface area contributed by atoms with Crippen LogP contribution in [0.5, 0.6) is 0 Å². The van der Waals surface area contributed by atoms with E-state index in [1.807, 2.05) is 0 Å². The molecule has 0 radical (unpaired) electrons. The zero-order valence-electron chi connectivity index (χ0n) is 19.9. The predicted molar refractivity (Wildman–Crippen MR) is 120 cm³/mol. The molecule has 32 heavy (non-hydrogen) atoms. The molecule has 0 saturated carbocycles. The molecule has 0 amide bonds. The number of benzene rings is 2. The maximum absolute atomic E-state index is 10.1. The van der Waals surface area contributed by atoms with Gasteiger partial charge in [-0.2, -0.15) is 0 Å². The van der Waals surface area contributed by atoms with E-state index < -0.39 is 11.9 Å².